The Morgan fingerprint density at radius 3 is 2.38 bits per heavy atom. The molecule has 13 heteroatoms. The Kier molecular flexibility index (Phi) is 6.60. The predicted molar refractivity (Wildman–Crippen MR) is 119 cm³/mol. The SMILES string of the molecule is Nc1n[nH]c(Cc2cc(Cl)c(-c3ccc(S(=O)(=O)N4CCC(O)CC4)cc3)c(C(F)(F)F)c2)n1. The molecule has 4 rings (SSSR count). The van der Waals surface area contributed by atoms with Crippen LogP contribution in [-0.2, 0) is 22.6 Å². The fourth-order valence-electron chi connectivity index (χ4n) is 3.89. The first-order valence-electron chi connectivity index (χ1n) is 10.3. The second-order valence-electron chi connectivity index (χ2n) is 7.97. The number of hydrogen-bond donors (Lipinski definition) is 3. The summed E-state index contributed by atoms with van der Waals surface area (Å²) < 4.78 is 68.8. The molecule has 3 aromatic rings. The number of nitrogens with two attached hydrogens (primary N) is 1. The molecule has 2 heterocycles. The van der Waals surface area contributed by atoms with Crippen molar-refractivity contribution in [2.45, 2.75) is 36.4 Å². The van der Waals surface area contributed by atoms with Crippen LogP contribution < -0.4 is 5.73 Å². The van der Waals surface area contributed by atoms with Gasteiger partial charge in [-0.1, -0.05) is 23.7 Å². The van der Waals surface area contributed by atoms with E-state index in [0.717, 1.165) is 6.07 Å². The number of aliphatic hydroxyl groups excluding tert-OH is 1. The van der Waals surface area contributed by atoms with Crippen LogP contribution >= 0.6 is 11.6 Å². The van der Waals surface area contributed by atoms with Crippen molar-refractivity contribution in [3.63, 3.8) is 0 Å². The van der Waals surface area contributed by atoms with E-state index >= 15 is 0 Å². The molecule has 0 saturated carbocycles. The summed E-state index contributed by atoms with van der Waals surface area (Å²) in [5.41, 5.74) is 4.62. The molecule has 1 fully saturated rings. The Balaban J connectivity index is 1.68. The number of nitrogens with zero attached hydrogens (tertiary/aromatic N) is 3. The average molecular weight is 516 g/mol. The highest BCUT2D eigenvalue weighted by Gasteiger charge is 2.36. The second kappa shape index (κ2) is 9.17. The number of nitrogens with one attached hydrogen (secondary N) is 1. The zero-order chi connectivity index (χ0) is 24.7. The van der Waals surface area contributed by atoms with Gasteiger partial charge in [0.25, 0.3) is 0 Å². The molecule has 4 N–H and O–H groups in total. The van der Waals surface area contributed by atoms with E-state index in [-0.39, 0.29) is 57.9 Å². The number of sulfonamides is 1. The number of halogens is 4. The molecular weight excluding hydrogens is 495 g/mol. The fraction of sp³-hybridized carbons (Fsp3) is 0.333. The summed E-state index contributed by atoms with van der Waals surface area (Å²) in [6.07, 6.45) is -4.59. The molecule has 0 aliphatic carbocycles. The zero-order valence-corrected chi connectivity index (χ0v) is 19.3. The van der Waals surface area contributed by atoms with Gasteiger partial charge in [-0.25, -0.2) is 8.42 Å². The Bertz CT molecular complexity index is 1290. The van der Waals surface area contributed by atoms with E-state index in [2.05, 4.69) is 15.2 Å². The number of piperidine rings is 1. The summed E-state index contributed by atoms with van der Waals surface area (Å²) in [6.45, 7) is 0.348. The fourth-order valence-corrected chi connectivity index (χ4v) is 5.71. The van der Waals surface area contributed by atoms with Gasteiger partial charge in [-0.2, -0.15) is 22.5 Å². The van der Waals surface area contributed by atoms with Crippen LogP contribution in [0.25, 0.3) is 11.1 Å². The van der Waals surface area contributed by atoms with Gasteiger partial charge in [-0.15, -0.1) is 5.10 Å². The van der Waals surface area contributed by atoms with Gasteiger partial charge in [0.15, 0.2) is 0 Å². The van der Waals surface area contributed by atoms with Crippen LogP contribution in [0.5, 0.6) is 0 Å². The normalized spacial score (nSPS) is 16.1. The smallest absolute Gasteiger partial charge is 0.393 e. The predicted octanol–water partition coefficient (Wildman–Crippen LogP) is 3.46. The largest absolute Gasteiger partial charge is 0.417 e. The van der Waals surface area contributed by atoms with E-state index in [1.54, 1.807) is 0 Å². The quantitative estimate of drug-likeness (QED) is 0.478. The van der Waals surface area contributed by atoms with Crippen molar-refractivity contribution in [3.05, 3.63) is 58.4 Å². The van der Waals surface area contributed by atoms with Crippen molar-refractivity contribution < 1.29 is 26.7 Å². The molecule has 1 aliphatic rings. The van der Waals surface area contributed by atoms with Gasteiger partial charge in [0, 0.05) is 30.1 Å². The van der Waals surface area contributed by atoms with Gasteiger partial charge in [-0.05, 0) is 48.2 Å². The number of aromatic amines is 1. The number of aromatic nitrogens is 3. The minimum absolute atomic E-state index is 0.00892. The van der Waals surface area contributed by atoms with Crippen molar-refractivity contribution >= 4 is 27.6 Å². The van der Waals surface area contributed by atoms with Crippen molar-refractivity contribution in [3.8, 4) is 11.1 Å². The van der Waals surface area contributed by atoms with E-state index < -0.39 is 27.9 Å². The maximum absolute atomic E-state index is 13.9. The molecule has 1 aliphatic heterocycles. The Hall–Kier alpha value is -2.67. The number of hydrogen-bond acceptors (Lipinski definition) is 6. The molecule has 0 bridgehead atoms. The second-order valence-corrected chi connectivity index (χ2v) is 10.3. The standard InChI is InChI=1S/C21H21ClF3N5O3S/c22-17-10-12(11-18-27-20(26)29-28-18)9-16(21(23,24)25)19(17)13-1-3-15(4-2-13)34(32,33)30-7-5-14(31)6-8-30/h1-4,9-10,14,31H,5-8,11H2,(H3,26,27,28,29). The van der Waals surface area contributed by atoms with E-state index in [9.17, 15) is 26.7 Å². The number of rotatable bonds is 5. The number of aliphatic hydroxyl groups is 1. The van der Waals surface area contributed by atoms with Gasteiger partial charge in [-0.3, -0.25) is 5.10 Å². The lowest BCUT2D eigenvalue weighted by Gasteiger charge is -2.28. The first-order valence-corrected chi connectivity index (χ1v) is 12.1. The van der Waals surface area contributed by atoms with Gasteiger partial charge < -0.3 is 10.8 Å². The lowest BCUT2D eigenvalue weighted by Crippen LogP contribution is -2.39. The van der Waals surface area contributed by atoms with Gasteiger partial charge in [0.1, 0.15) is 5.82 Å². The van der Waals surface area contributed by atoms with Crippen LogP contribution in [0, 0.1) is 0 Å². The Morgan fingerprint density at radius 2 is 1.82 bits per heavy atom. The minimum atomic E-state index is -4.71. The molecule has 1 saturated heterocycles. The topological polar surface area (TPSA) is 125 Å². The molecule has 1 aromatic heterocycles. The molecular formula is C21H21ClF3N5O3S. The molecule has 0 spiro atoms. The summed E-state index contributed by atoms with van der Waals surface area (Å²) in [5.74, 6) is 0.263. The summed E-state index contributed by atoms with van der Waals surface area (Å²) in [4.78, 5) is 3.85. The minimum Gasteiger partial charge on any atom is -0.393 e. The van der Waals surface area contributed by atoms with Gasteiger partial charge in [0.05, 0.1) is 16.6 Å². The molecule has 34 heavy (non-hydrogen) atoms. The third kappa shape index (κ3) is 5.04. The highest BCUT2D eigenvalue weighted by atomic mass is 35.5. The zero-order valence-electron chi connectivity index (χ0n) is 17.7. The Labute approximate surface area is 198 Å². The van der Waals surface area contributed by atoms with E-state index in [0.29, 0.717) is 12.8 Å². The van der Waals surface area contributed by atoms with Gasteiger partial charge in [0.2, 0.25) is 16.0 Å². The maximum atomic E-state index is 13.9. The number of alkyl halides is 3. The maximum Gasteiger partial charge on any atom is 0.417 e. The lowest BCUT2D eigenvalue weighted by atomic mass is 9.96. The van der Waals surface area contributed by atoms with Crippen LogP contribution in [0.3, 0.4) is 0 Å². The third-order valence-corrected chi connectivity index (χ3v) is 7.79. The van der Waals surface area contributed by atoms with E-state index in [4.69, 9.17) is 17.3 Å². The monoisotopic (exact) mass is 515 g/mol. The summed E-state index contributed by atoms with van der Waals surface area (Å²) in [7, 11) is -3.83. The van der Waals surface area contributed by atoms with Crippen molar-refractivity contribution in [1.29, 1.82) is 0 Å². The highest BCUT2D eigenvalue weighted by molar-refractivity contribution is 7.89. The van der Waals surface area contributed by atoms with E-state index in [1.165, 1.54) is 34.6 Å². The number of nitrogen functional groups attached to an aromatic ring is 1. The number of H-pyrrole nitrogens is 1. The lowest BCUT2D eigenvalue weighted by molar-refractivity contribution is -0.137. The van der Waals surface area contributed by atoms with Crippen LogP contribution in [0.2, 0.25) is 5.02 Å². The Morgan fingerprint density at radius 1 is 1.18 bits per heavy atom. The molecule has 182 valence electrons. The van der Waals surface area contributed by atoms with Crippen LogP contribution in [-0.4, -0.2) is 52.2 Å². The molecule has 0 amide bonds. The average Bonchev–Trinajstić information content (AvgIpc) is 3.17. The molecule has 2 aromatic carbocycles. The first-order chi connectivity index (χ1) is 15.9. The van der Waals surface area contributed by atoms with Crippen molar-refractivity contribution in [2.75, 3.05) is 18.8 Å². The van der Waals surface area contributed by atoms with Crippen LogP contribution in [0.4, 0.5) is 19.1 Å². The molecule has 0 radical (unpaired) electrons. The first kappa shape index (κ1) is 24.5. The summed E-state index contributed by atoms with van der Waals surface area (Å²) in [6, 6.07) is 7.50. The third-order valence-electron chi connectivity index (χ3n) is 5.58. The van der Waals surface area contributed by atoms with Crippen molar-refractivity contribution in [2.24, 2.45) is 0 Å². The van der Waals surface area contributed by atoms with Gasteiger partial charge >= 0.3 is 6.18 Å². The van der Waals surface area contributed by atoms with Crippen LogP contribution in [0.1, 0.15) is 29.8 Å². The molecule has 0 atom stereocenters. The van der Waals surface area contributed by atoms with Crippen molar-refractivity contribution in [1.82, 2.24) is 19.5 Å². The molecule has 0 unspecified atom stereocenters. The summed E-state index contributed by atoms with van der Waals surface area (Å²) >= 11 is 6.29. The highest BCUT2D eigenvalue weighted by Crippen LogP contribution is 2.42. The van der Waals surface area contributed by atoms with Crippen LogP contribution in [0.15, 0.2) is 41.3 Å². The summed E-state index contributed by atoms with van der Waals surface area (Å²) in [5, 5.41) is 15.7. The number of anilines is 1. The molecule has 8 nitrogen and oxygen atoms in total. The number of benzene rings is 2. The van der Waals surface area contributed by atoms with E-state index in [1.807, 2.05) is 0 Å².